The van der Waals surface area contributed by atoms with Crippen molar-refractivity contribution in [1.82, 2.24) is 5.32 Å². The lowest BCUT2D eigenvalue weighted by atomic mass is 10.0. The first-order chi connectivity index (χ1) is 9.78. The monoisotopic (exact) mass is 301 g/mol. The van der Waals surface area contributed by atoms with E-state index in [4.69, 9.17) is 11.6 Å². The first kappa shape index (κ1) is 13.6. The molecule has 0 saturated carbocycles. The van der Waals surface area contributed by atoms with Gasteiger partial charge in [-0.3, -0.25) is 0 Å². The number of benzene rings is 2. The molecule has 0 aliphatic heterocycles. The largest absolute Gasteiger partial charge is 0.312 e. The van der Waals surface area contributed by atoms with E-state index in [0.29, 0.717) is 6.04 Å². The van der Waals surface area contributed by atoms with Crippen LogP contribution in [-0.2, 0) is 6.42 Å². The average molecular weight is 302 g/mol. The summed E-state index contributed by atoms with van der Waals surface area (Å²) < 4.78 is 1.34. The van der Waals surface area contributed by atoms with E-state index in [2.05, 4.69) is 41.7 Å². The number of halogens is 1. The highest BCUT2D eigenvalue weighted by Crippen LogP contribution is 2.32. The smallest absolute Gasteiger partial charge is 0.0454 e. The van der Waals surface area contributed by atoms with Crippen LogP contribution in [0.3, 0.4) is 0 Å². The Kier molecular flexibility index (Phi) is 4.06. The summed E-state index contributed by atoms with van der Waals surface area (Å²) in [7, 11) is 2.01. The van der Waals surface area contributed by atoms with E-state index >= 15 is 0 Å². The highest BCUT2D eigenvalue weighted by molar-refractivity contribution is 7.19. The second-order valence-corrected chi connectivity index (χ2v) is 6.35. The van der Waals surface area contributed by atoms with E-state index in [0.717, 1.165) is 11.4 Å². The lowest BCUT2D eigenvalue weighted by Gasteiger charge is -2.15. The number of nitrogens with one attached hydrogen (secondary N) is 1. The second kappa shape index (κ2) is 5.96. The molecule has 2 aromatic carbocycles. The van der Waals surface area contributed by atoms with Gasteiger partial charge in [-0.25, -0.2) is 0 Å². The number of fused-ring (bicyclic) bond motifs is 1. The molecule has 1 nitrogen and oxygen atoms in total. The molecule has 1 atom stereocenters. The van der Waals surface area contributed by atoms with Crippen molar-refractivity contribution >= 4 is 33.0 Å². The Morgan fingerprint density at radius 3 is 2.60 bits per heavy atom. The summed E-state index contributed by atoms with van der Waals surface area (Å²) in [5.74, 6) is 0. The second-order valence-electron chi connectivity index (χ2n) is 4.82. The number of hydrogen-bond donors (Lipinski definition) is 1. The Bertz CT molecular complexity index is 687. The van der Waals surface area contributed by atoms with Gasteiger partial charge in [-0.1, -0.05) is 48.0 Å². The molecule has 3 heteroatoms. The van der Waals surface area contributed by atoms with Crippen LogP contribution in [0.25, 0.3) is 10.1 Å². The van der Waals surface area contributed by atoms with Gasteiger partial charge < -0.3 is 5.32 Å². The summed E-state index contributed by atoms with van der Waals surface area (Å²) >= 11 is 8.12. The molecule has 0 aliphatic rings. The van der Waals surface area contributed by atoms with Crippen LogP contribution in [0, 0.1) is 0 Å². The van der Waals surface area contributed by atoms with Gasteiger partial charge in [-0.2, -0.15) is 0 Å². The lowest BCUT2D eigenvalue weighted by Crippen LogP contribution is -2.17. The molecule has 3 rings (SSSR count). The maximum atomic E-state index is 6.27. The molecule has 0 saturated heterocycles. The topological polar surface area (TPSA) is 12.0 Å². The zero-order valence-electron chi connectivity index (χ0n) is 11.3. The summed E-state index contributed by atoms with van der Waals surface area (Å²) in [6.45, 7) is 0. The maximum absolute atomic E-state index is 6.27. The first-order valence-corrected chi connectivity index (χ1v) is 7.86. The van der Waals surface area contributed by atoms with Crippen LogP contribution < -0.4 is 5.32 Å². The quantitative estimate of drug-likeness (QED) is 0.710. The first-order valence-electron chi connectivity index (χ1n) is 6.67. The molecule has 1 heterocycles. The van der Waals surface area contributed by atoms with E-state index in [1.807, 2.05) is 36.6 Å². The van der Waals surface area contributed by atoms with E-state index in [1.54, 1.807) is 0 Å². The Hall–Kier alpha value is -1.35. The van der Waals surface area contributed by atoms with Crippen LogP contribution in [0.5, 0.6) is 0 Å². The molecule has 0 spiro atoms. The molecule has 0 bridgehead atoms. The molecular weight excluding hydrogens is 286 g/mol. The molecule has 0 radical (unpaired) electrons. The van der Waals surface area contributed by atoms with Crippen LogP contribution in [0.4, 0.5) is 0 Å². The summed E-state index contributed by atoms with van der Waals surface area (Å²) in [5.41, 5.74) is 1.19. The van der Waals surface area contributed by atoms with E-state index in [-0.39, 0.29) is 0 Å². The predicted molar refractivity (Wildman–Crippen MR) is 88.8 cm³/mol. The van der Waals surface area contributed by atoms with Crippen molar-refractivity contribution in [3.05, 3.63) is 70.1 Å². The Balaban J connectivity index is 1.91. The molecule has 1 unspecified atom stereocenters. The minimum absolute atomic E-state index is 0.298. The average Bonchev–Trinajstić information content (AvgIpc) is 2.90. The van der Waals surface area contributed by atoms with Crippen molar-refractivity contribution in [2.45, 2.75) is 12.5 Å². The zero-order chi connectivity index (χ0) is 13.9. The van der Waals surface area contributed by atoms with Crippen LogP contribution >= 0.6 is 22.9 Å². The van der Waals surface area contributed by atoms with Gasteiger partial charge in [0.15, 0.2) is 0 Å². The Morgan fingerprint density at radius 2 is 1.85 bits per heavy atom. The van der Waals surface area contributed by atoms with E-state index in [1.165, 1.54) is 20.5 Å². The van der Waals surface area contributed by atoms with Crippen molar-refractivity contribution < 1.29 is 0 Å². The maximum Gasteiger partial charge on any atom is 0.0454 e. The van der Waals surface area contributed by atoms with E-state index < -0.39 is 0 Å². The Labute approximate surface area is 128 Å². The van der Waals surface area contributed by atoms with Gasteiger partial charge >= 0.3 is 0 Å². The van der Waals surface area contributed by atoms with Crippen LogP contribution in [0.2, 0.25) is 5.02 Å². The van der Waals surface area contributed by atoms with Crippen LogP contribution in [0.15, 0.2) is 54.6 Å². The fraction of sp³-hybridized carbons (Fsp3) is 0.176. The fourth-order valence-corrected chi connectivity index (χ4v) is 3.79. The van der Waals surface area contributed by atoms with Gasteiger partial charge in [-0.05, 0) is 42.6 Å². The number of thiophene rings is 1. The van der Waals surface area contributed by atoms with Gasteiger partial charge in [-0.15, -0.1) is 11.3 Å². The zero-order valence-corrected chi connectivity index (χ0v) is 12.8. The number of hydrogen-bond acceptors (Lipinski definition) is 2. The third-order valence-corrected chi connectivity index (χ3v) is 5.12. The Morgan fingerprint density at radius 1 is 1.10 bits per heavy atom. The molecule has 20 heavy (non-hydrogen) atoms. The molecular formula is C17H16ClNS. The number of rotatable bonds is 4. The molecule has 1 aromatic heterocycles. The van der Waals surface area contributed by atoms with Gasteiger partial charge in [0.05, 0.1) is 0 Å². The summed E-state index contributed by atoms with van der Waals surface area (Å²) in [5, 5.41) is 5.56. The normalized spacial score (nSPS) is 12.7. The summed E-state index contributed by atoms with van der Waals surface area (Å²) in [6, 6.07) is 19.1. The highest BCUT2D eigenvalue weighted by Gasteiger charge is 2.14. The summed E-state index contributed by atoms with van der Waals surface area (Å²) in [4.78, 5) is 1.36. The van der Waals surface area contributed by atoms with Gasteiger partial charge in [0.25, 0.3) is 0 Å². The van der Waals surface area contributed by atoms with Crippen molar-refractivity contribution in [3.8, 4) is 0 Å². The minimum atomic E-state index is 0.298. The third kappa shape index (κ3) is 2.73. The van der Waals surface area contributed by atoms with Crippen LogP contribution in [-0.4, -0.2) is 7.05 Å². The standard InChI is InChI=1S/C17H16ClNS/c1-19-15(10-12-6-2-4-8-14(12)18)17-11-13-7-3-5-9-16(13)20-17/h2-9,11,15,19H,10H2,1H3. The predicted octanol–water partition coefficient (Wildman–Crippen LogP) is 5.06. The molecule has 0 aliphatic carbocycles. The summed E-state index contributed by atoms with van der Waals surface area (Å²) in [6.07, 6.45) is 0.906. The molecule has 0 amide bonds. The van der Waals surface area contributed by atoms with Crippen molar-refractivity contribution in [2.24, 2.45) is 0 Å². The minimum Gasteiger partial charge on any atom is -0.312 e. The van der Waals surface area contributed by atoms with Crippen molar-refractivity contribution in [2.75, 3.05) is 7.05 Å². The lowest BCUT2D eigenvalue weighted by molar-refractivity contribution is 0.602. The number of likely N-dealkylation sites (N-methyl/N-ethyl adjacent to an activating group) is 1. The van der Waals surface area contributed by atoms with Gasteiger partial charge in [0.2, 0.25) is 0 Å². The molecule has 102 valence electrons. The van der Waals surface area contributed by atoms with Gasteiger partial charge in [0, 0.05) is 20.6 Å². The van der Waals surface area contributed by atoms with Crippen molar-refractivity contribution in [1.29, 1.82) is 0 Å². The van der Waals surface area contributed by atoms with Gasteiger partial charge in [0.1, 0.15) is 0 Å². The van der Waals surface area contributed by atoms with Crippen LogP contribution in [0.1, 0.15) is 16.5 Å². The molecule has 3 aromatic rings. The SMILES string of the molecule is CNC(Cc1ccccc1Cl)c1cc2ccccc2s1. The third-order valence-electron chi connectivity index (χ3n) is 3.52. The highest BCUT2D eigenvalue weighted by atomic mass is 35.5. The molecule has 0 fully saturated rings. The molecule has 1 N–H and O–H groups in total. The van der Waals surface area contributed by atoms with E-state index in [9.17, 15) is 0 Å². The van der Waals surface area contributed by atoms with Crippen molar-refractivity contribution in [3.63, 3.8) is 0 Å². The fourth-order valence-electron chi connectivity index (χ4n) is 2.40.